The van der Waals surface area contributed by atoms with Crippen molar-refractivity contribution in [3.63, 3.8) is 0 Å². The summed E-state index contributed by atoms with van der Waals surface area (Å²) in [5, 5.41) is 3.88. The molecular formula is C24H21FN2O4. The van der Waals surface area contributed by atoms with Gasteiger partial charge >= 0.3 is 5.97 Å². The Balaban J connectivity index is 1.52. The minimum atomic E-state index is -0.676. The number of benzene rings is 3. The highest BCUT2D eigenvalue weighted by Gasteiger charge is 2.09. The summed E-state index contributed by atoms with van der Waals surface area (Å²) < 4.78 is 24.0. The van der Waals surface area contributed by atoms with Gasteiger partial charge in [0.1, 0.15) is 17.3 Å². The Hall–Kier alpha value is -4.00. The van der Waals surface area contributed by atoms with Gasteiger partial charge in [0.25, 0.3) is 5.91 Å². The molecule has 3 aromatic rings. The largest absolute Gasteiger partial charge is 0.484 e. The van der Waals surface area contributed by atoms with Crippen LogP contribution in [-0.4, -0.2) is 24.7 Å². The quantitative estimate of drug-likeness (QED) is 0.269. The van der Waals surface area contributed by atoms with E-state index in [0.717, 1.165) is 17.2 Å². The maximum atomic E-state index is 13.3. The Kier molecular flexibility index (Phi) is 7.11. The van der Waals surface area contributed by atoms with E-state index >= 15 is 0 Å². The molecular weight excluding hydrogens is 399 g/mol. The maximum absolute atomic E-state index is 13.3. The van der Waals surface area contributed by atoms with Crippen molar-refractivity contribution in [1.82, 2.24) is 5.43 Å². The van der Waals surface area contributed by atoms with E-state index in [1.807, 2.05) is 26.0 Å². The predicted octanol–water partition coefficient (Wildman–Crippen LogP) is 4.19. The lowest BCUT2D eigenvalue weighted by Crippen LogP contribution is -2.24. The summed E-state index contributed by atoms with van der Waals surface area (Å²) in [7, 11) is 0. The predicted molar refractivity (Wildman–Crippen MR) is 115 cm³/mol. The van der Waals surface area contributed by atoms with Crippen LogP contribution in [0.1, 0.15) is 27.0 Å². The number of hydrogen-bond acceptors (Lipinski definition) is 5. The second-order valence-corrected chi connectivity index (χ2v) is 6.80. The Morgan fingerprint density at radius 3 is 2.55 bits per heavy atom. The summed E-state index contributed by atoms with van der Waals surface area (Å²) in [6.07, 6.45) is 1.41. The van der Waals surface area contributed by atoms with Gasteiger partial charge in [0.05, 0.1) is 11.8 Å². The van der Waals surface area contributed by atoms with Crippen LogP contribution in [0, 0.1) is 19.7 Å². The first-order valence-electron chi connectivity index (χ1n) is 9.50. The summed E-state index contributed by atoms with van der Waals surface area (Å²) in [5.74, 6) is -0.737. The Labute approximate surface area is 179 Å². The van der Waals surface area contributed by atoms with Crippen LogP contribution in [-0.2, 0) is 4.79 Å². The summed E-state index contributed by atoms with van der Waals surface area (Å²) in [6.45, 7) is 3.79. The second kappa shape index (κ2) is 10.2. The zero-order valence-corrected chi connectivity index (χ0v) is 17.1. The number of hydrazone groups is 1. The van der Waals surface area contributed by atoms with E-state index in [4.69, 9.17) is 9.47 Å². The molecule has 0 spiro atoms. The maximum Gasteiger partial charge on any atom is 0.343 e. The second-order valence-electron chi connectivity index (χ2n) is 6.80. The molecule has 0 aliphatic heterocycles. The molecule has 0 saturated heterocycles. The number of carbonyl (C=O) groups excluding carboxylic acids is 2. The molecule has 0 heterocycles. The number of halogens is 1. The van der Waals surface area contributed by atoms with E-state index in [1.54, 1.807) is 30.3 Å². The van der Waals surface area contributed by atoms with Gasteiger partial charge in [-0.2, -0.15) is 5.10 Å². The standard InChI is InChI=1S/C24H21FN2O4/c1-16-9-10-21(11-17(16)2)30-15-23(28)27-26-14-18-5-3-8-22(12-18)31-24(29)19-6-4-7-20(25)13-19/h3-14H,15H2,1-2H3,(H,27,28). The fourth-order valence-electron chi connectivity index (χ4n) is 2.60. The van der Waals surface area contributed by atoms with Crippen LogP contribution in [0.3, 0.4) is 0 Å². The summed E-state index contributed by atoms with van der Waals surface area (Å²) >= 11 is 0. The van der Waals surface area contributed by atoms with Gasteiger partial charge in [0.2, 0.25) is 0 Å². The molecule has 7 heteroatoms. The number of esters is 1. The lowest BCUT2D eigenvalue weighted by molar-refractivity contribution is -0.123. The van der Waals surface area contributed by atoms with E-state index in [2.05, 4.69) is 10.5 Å². The first-order chi connectivity index (χ1) is 14.9. The molecule has 0 radical (unpaired) electrons. The highest BCUT2D eigenvalue weighted by atomic mass is 19.1. The molecule has 0 aromatic heterocycles. The highest BCUT2D eigenvalue weighted by molar-refractivity contribution is 5.91. The van der Waals surface area contributed by atoms with Gasteiger partial charge in [-0.3, -0.25) is 4.79 Å². The van der Waals surface area contributed by atoms with Crippen molar-refractivity contribution in [1.29, 1.82) is 0 Å². The van der Waals surface area contributed by atoms with Gasteiger partial charge in [-0.05, 0) is 73.0 Å². The van der Waals surface area contributed by atoms with Crippen molar-refractivity contribution >= 4 is 18.1 Å². The first kappa shape index (κ1) is 21.7. The van der Waals surface area contributed by atoms with Crippen molar-refractivity contribution in [2.45, 2.75) is 13.8 Å². The molecule has 0 fully saturated rings. The van der Waals surface area contributed by atoms with Crippen LogP contribution in [0.5, 0.6) is 11.5 Å². The Bertz CT molecular complexity index is 1130. The third kappa shape index (κ3) is 6.50. The smallest absolute Gasteiger partial charge is 0.343 e. The Morgan fingerprint density at radius 1 is 0.968 bits per heavy atom. The van der Waals surface area contributed by atoms with E-state index in [0.29, 0.717) is 11.3 Å². The zero-order valence-electron chi connectivity index (χ0n) is 17.1. The SMILES string of the molecule is Cc1ccc(OCC(=O)NN=Cc2cccc(OC(=O)c3cccc(F)c3)c2)cc1C. The molecule has 0 bridgehead atoms. The zero-order chi connectivity index (χ0) is 22.2. The molecule has 3 aromatic carbocycles. The third-order valence-electron chi connectivity index (χ3n) is 4.38. The molecule has 3 rings (SSSR count). The van der Waals surface area contributed by atoms with Crippen LogP contribution < -0.4 is 14.9 Å². The molecule has 1 N–H and O–H groups in total. The molecule has 0 aliphatic rings. The topological polar surface area (TPSA) is 77.0 Å². The van der Waals surface area contributed by atoms with Gasteiger partial charge < -0.3 is 9.47 Å². The molecule has 0 atom stereocenters. The normalized spacial score (nSPS) is 10.7. The fraction of sp³-hybridized carbons (Fsp3) is 0.125. The number of hydrogen-bond donors (Lipinski definition) is 1. The van der Waals surface area contributed by atoms with E-state index in [-0.39, 0.29) is 17.9 Å². The summed E-state index contributed by atoms with van der Waals surface area (Å²) in [6, 6.07) is 17.4. The molecule has 31 heavy (non-hydrogen) atoms. The molecule has 158 valence electrons. The van der Waals surface area contributed by atoms with Gasteiger partial charge in [-0.15, -0.1) is 0 Å². The molecule has 6 nitrogen and oxygen atoms in total. The van der Waals surface area contributed by atoms with Crippen LogP contribution in [0.15, 0.2) is 71.8 Å². The number of nitrogens with zero attached hydrogens (tertiary/aromatic N) is 1. The number of amides is 1. The lowest BCUT2D eigenvalue weighted by atomic mass is 10.1. The van der Waals surface area contributed by atoms with E-state index in [9.17, 15) is 14.0 Å². The van der Waals surface area contributed by atoms with Gasteiger partial charge in [-0.1, -0.05) is 24.3 Å². The van der Waals surface area contributed by atoms with E-state index in [1.165, 1.54) is 24.4 Å². The van der Waals surface area contributed by atoms with E-state index < -0.39 is 17.7 Å². The lowest BCUT2D eigenvalue weighted by Gasteiger charge is -2.07. The van der Waals surface area contributed by atoms with Crippen molar-refractivity contribution in [2.24, 2.45) is 5.10 Å². The average molecular weight is 420 g/mol. The molecule has 0 unspecified atom stereocenters. The molecule has 0 aliphatic carbocycles. The molecule has 1 amide bonds. The van der Waals surface area contributed by atoms with Crippen molar-refractivity contribution in [2.75, 3.05) is 6.61 Å². The van der Waals surface area contributed by atoms with Crippen LogP contribution >= 0.6 is 0 Å². The number of aryl methyl sites for hydroxylation is 2. The van der Waals surface area contributed by atoms with Crippen molar-refractivity contribution in [3.05, 3.63) is 94.8 Å². The summed E-state index contributed by atoms with van der Waals surface area (Å²) in [4.78, 5) is 24.0. The summed E-state index contributed by atoms with van der Waals surface area (Å²) in [5.41, 5.74) is 5.30. The third-order valence-corrected chi connectivity index (χ3v) is 4.38. The van der Waals surface area contributed by atoms with Crippen molar-refractivity contribution < 1.29 is 23.5 Å². The number of ether oxygens (including phenoxy) is 2. The monoisotopic (exact) mass is 420 g/mol. The Morgan fingerprint density at radius 2 is 1.77 bits per heavy atom. The minimum Gasteiger partial charge on any atom is -0.484 e. The highest BCUT2D eigenvalue weighted by Crippen LogP contribution is 2.16. The van der Waals surface area contributed by atoms with Gasteiger partial charge in [0.15, 0.2) is 6.61 Å². The minimum absolute atomic E-state index is 0.107. The number of rotatable bonds is 7. The van der Waals surface area contributed by atoms with Crippen LogP contribution in [0.4, 0.5) is 4.39 Å². The van der Waals surface area contributed by atoms with Crippen LogP contribution in [0.25, 0.3) is 0 Å². The van der Waals surface area contributed by atoms with Gasteiger partial charge in [0, 0.05) is 0 Å². The van der Waals surface area contributed by atoms with Crippen LogP contribution in [0.2, 0.25) is 0 Å². The fourth-order valence-corrected chi connectivity index (χ4v) is 2.60. The van der Waals surface area contributed by atoms with Crippen molar-refractivity contribution in [3.8, 4) is 11.5 Å². The number of carbonyl (C=O) groups is 2. The molecule has 0 saturated carbocycles. The first-order valence-corrected chi connectivity index (χ1v) is 9.50. The number of nitrogens with one attached hydrogen (secondary N) is 1. The van der Waals surface area contributed by atoms with Gasteiger partial charge in [-0.25, -0.2) is 14.6 Å². The average Bonchev–Trinajstić information content (AvgIpc) is 2.75.